The fourth-order valence-corrected chi connectivity index (χ4v) is 3.52. The van der Waals surface area contributed by atoms with Gasteiger partial charge < -0.3 is 0 Å². The number of Topliss-reactive ketones (excluding diaryl/α,β-unsaturated/α-hetero) is 1. The van der Waals surface area contributed by atoms with Gasteiger partial charge in [-0.1, -0.05) is 29.3 Å². The van der Waals surface area contributed by atoms with E-state index in [4.69, 9.17) is 28.5 Å². The molecule has 2 rings (SSSR count). The number of nitro groups is 1. The number of ketones is 1. The van der Waals surface area contributed by atoms with E-state index >= 15 is 0 Å². The number of carbonyl (C=O) groups excluding carboxylic acids is 1. The van der Waals surface area contributed by atoms with Crippen molar-refractivity contribution < 1.29 is 22.9 Å². The Balaban J connectivity index is 2.63. The lowest BCUT2D eigenvalue weighted by molar-refractivity contribution is -0.501. The van der Waals surface area contributed by atoms with Gasteiger partial charge in [0.1, 0.15) is 0 Å². The van der Waals surface area contributed by atoms with Crippen molar-refractivity contribution in [3.63, 3.8) is 0 Å². The highest BCUT2D eigenvalue weighted by atomic mass is 35.5. The molecule has 0 aromatic heterocycles. The number of hydrogen-bond acceptors (Lipinski definition) is 4. The van der Waals surface area contributed by atoms with Gasteiger partial charge in [-0.25, -0.2) is 0 Å². The van der Waals surface area contributed by atoms with E-state index in [1.807, 2.05) is 6.07 Å². The molecule has 2 aromatic rings. The summed E-state index contributed by atoms with van der Waals surface area (Å²) in [7, 11) is 0. The van der Waals surface area contributed by atoms with E-state index in [0.29, 0.717) is 5.56 Å². The van der Waals surface area contributed by atoms with Crippen LogP contribution in [0.5, 0.6) is 0 Å². The summed E-state index contributed by atoms with van der Waals surface area (Å²) in [5.41, 5.74) is -3.14. The SMILES string of the molecule is Cc1cc(C(=O)CC(C[N+](=O)[O-])(c2cc(Cl)cc(Cl)c2)C(F)(F)F)ccc1C#N. The third-order valence-corrected chi connectivity index (χ3v) is 4.92. The van der Waals surface area contributed by atoms with Gasteiger partial charge in [-0.3, -0.25) is 14.9 Å². The highest BCUT2D eigenvalue weighted by Crippen LogP contribution is 2.46. The molecule has 0 spiro atoms. The summed E-state index contributed by atoms with van der Waals surface area (Å²) < 4.78 is 42.5. The second kappa shape index (κ2) is 8.39. The van der Waals surface area contributed by atoms with Crippen LogP contribution in [0.25, 0.3) is 0 Å². The summed E-state index contributed by atoms with van der Waals surface area (Å²) in [6, 6.07) is 8.71. The second-order valence-electron chi connectivity index (χ2n) is 6.47. The maximum atomic E-state index is 14.2. The molecule has 152 valence electrons. The fourth-order valence-electron chi connectivity index (χ4n) is 2.99. The number of aryl methyl sites for hydroxylation is 1. The largest absolute Gasteiger partial charge is 0.405 e. The molecule has 0 bridgehead atoms. The molecule has 0 saturated heterocycles. The lowest BCUT2D eigenvalue weighted by atomic mass is 9.74. The Labute approximate surface area is 173 Å². The standard InChI is InChI=1S/C19H13Cl2F3N2O3/c1-11-4-12(2-3-13(11)9-25)17(27)8-18(10-26(28)29,19(22,23)24)14-5-15(20)7-16(21)6-14/h2-7H,8,10H2,1H3. The predicted octanol–water partition coefficient (Wildman–Crippen LogP) is 5.52. The van der Waals surface area contributed by atoms with E-state index in [1.165, 1.54) is 31.2 Å². The average molecular weight is 445 g/mol. The Bertz CT molecular complexity index is 998. The van der Waals surface area contributed by atoms with Gasteiger partial charge in [0.15, 0.2) is 11.2 Å². The normalized spacial score (nSPS) is 13.4. The van der Waals surface area contributed by atoms with Crippen LogP contribution in [0.4, 0.5) is 13.2 Å². The zero-order valence-corrected chi connectivity index (χ0v) is 16.4. The van der Waals surface area contributed by atoms with Gasteiger partial charge in [-0.15, -0.1) is 0 Å². The molecule has 0 fully saturated rings. The number of rotatable bonds is 6. The summed E-state index contributed by atoms with van der Waals surface area (Å²) in [5.74, 6) is -0.965. The quantitative estimate of drug-likeness (QED) is 0.333. The first kappa shape index (κ1) is 22.7. The van der Waals surface area contributed by atoms with Crippen molar-refractivity contribution in [3.05, 3.63) is 78.8 Å². The zero-order chi connectivity index (χ0) is 22.0. The van der Waals surface area contributed by atoms with Crippen molar-refractivity contribution in [1.82, 2.24) is 0 Å². The molecule has 0 aliphatic carbocycles. The highest BCUT2D eigenvalue weighted by Gasteiger charge is 2.60. The fraction of sp³-hybridized carbons (Fsp3) is 0.263. The molecule has 10 heteroatoms. The lowest BCUT2D eigenvalue weighted by Gasteiger charge is -2.32. The summed E-state index contributed by atoms with van der Waals surface area (Å²) in [4.78, 5) is 22.7. The Morgan fingerprint density at radius 2 is 1.76 bits per heavy atom. The topological polar surface area (TPSA) is 84.0 Å². The monoisotopic (exact) mass is 444 g/mol. The van der Waals surface area contributed by atoms with E-state index < -0.39 is 40.8 Å². The van der Waals surface area contributed by atoms with Crippen LogP contribution < -0.4 is 0 Å². The van der Waals surface area contributed by atoms with Crippen LogP contribution in [-0.4, -0.2) is 23.4 Å². The molecule has 0 heterocycles. The molecule has 0 N–H and O–H groups in total. The number of carbonyl (C=O) groups is 1. The Morgan fingerprint density at radius 1 is 1.17 bits per heavy atom. The Kier molecular flexibility index (Phi) is 6.56. The zero-order valence-electron chi connectivity index (χ0n) is 14.9. The van der Waals surface area contributed by atoms with Gasteiger partial charge in [0.25, 0.3) is 0 Å². The van der Waals surface area contributed by atoms with E-state index in [1.54, 1.807) is 0 Å². The first-order chi connectivity index (χ1) is 13.4. The molecule has 0 aliphatic heterocycles. The van der Waals surface area contributed by atoms with Crippen LogP contribution in [0.3, 0.4) is 0 Å². The first-order valence-electron chi connectivity index (χ1n) is 8.08. The number of alkyl halides is 3. The predicted molar refractivity (Wildman–Crippen MR) is 101 cm³/mol. The number of nitriles is 1. The van der Waals surface area contributed by atoms with Crippen molar-refractivity contribution in [1.29, 1.82) is 5.26 Å². The molecule has 0 amide bonds. The van der Waals surface area contributed by atoms with E-state index in [2.05, 4.69) is 0 Å². The third kappa shape index (κ3) is 4.86. The lowest BCUT2D eigenvalue weighted by Crippen LogP contribution is -2.49. The third-order valence-electron chi connectivity index (χ3n) is 4.49. The van der Waals surface area contributed by atoms with Crippen molar-refractivity contribution >= 4 is 29.0 Å². The molecule has 5 nitrogen and oxygen atoms in total. The number of benzene rings is 2. The molecule has 1 unspecified atom stereocenters. The highest BCUT2D eigenvalue weighted by molar-refractivity contribution is 6.34. The number of hydrogen-bond donors (Lipinski definition) is 0. The second-order valence-corrected chi connectivity index (χ2v) is 7.34. The van der Waals surface area contributed by atoms with Crippen molar-refractivity contribution in [2.24, 2.45) is 0 Å². The van der Waals surface area contributed by atoms with Gasteiger partial charge >= 0.3 is 6.18 Å². The minimum Gasteiger partial charge on any atom is -0.294 e. The molecular weight excluding hydrogens is 432 g/mol. The van der Waals surface area contributed by atoms with Gasteiger partial charge in [0, 0.05) is 27.0 Å². The van der Waals surface area contributed by atoms with Crippen LogP contribution in [0, 0.1) is 28.4 Å². The van der Waals surface area contributed by atoms with Crippen molar-refractivity contribution in [2.45, 2.75) is 24.9 Å². The van der Waals surface area contributed by atoms with E-state index in [0.717, 1.165) is 12.1 Å². The molecule has 1 atom stereocenters. The summed E-state index contributed by atoms with van der Waals surface area (Å²) in [5, 5.41) is 19.8. The van der Waals surface area contributed by atoms with Crippen molar-refractivity contribution in [2.75, 3.05) is 6.54 Å². The maximum Gasteiger partial charge on any atom is 0.405 e. The molecule has 29 heavy (non-hydrogen) atoms. The molecule has 0 saturated carbocycles. The minimum atomic E-state index is -5.15. The van der Waals surface area contributed by atoms with Crippen LogP contribution in [0.1, 0.15) is 33.5 Å². The van der Waals surface area contributed by atoms with Crippen LogP contribution >= 0.6 is 23.2 Å². The first-order valence-corrected chi connectivity index (χ1v) is 8.84. The summed E-state index contributed by atoms with van der Waals surface area (Å²) >= 11 is 11.6. The van der Waals surface area contributed by atoms with Gasteiger partial charge in [0.2, 0.25) is 6.54 Å². The molecule has 2 aromatic carbocycles. The molecular formula is C19H13Cl2F3N2O3. The van der Waals surface area contributed by atoms with Crippen LogP contribution in [0.15, 0.2) is 36.4 Å². The van der Waals surface area contributed by atoms with Crippen LogP contribution in [-0.2, 0) is 5.41 Å². The Morgan fingerprint density at radius 3 is 2.21 bits per heavy atom. The van der Waals surface area contributed by atoms with E-state index in [-0.39, 0.29) is 21.2 Å². The van der Waals surface area contributed by atoms with Crippen molar-refractivity contribution in [3.8, 4) is 6.07 Å². The van der Waals surface area contributed by atoms with Gasteiger partial charge in [-0.05, 0) is 48.4 Å². The maximum absolute atomic E-state index is 14.2. The minimum absolute atomic E-state index is 0.0911. The molecule has 0 radical (unpaired) electrons. The van der Waals surface area contributed by atoms with E-state index in [9.17, 15) is 28.1 Å². The van der Waals surface area contributed by atoms with Crippen LogP contribution in [0.2, 0.25) is 10.0 Å². The smallest absolute Gasteiger partial charge is 0.294 e. The Hall–Kier alpha value is -2.63. The average Bonchev–Trinajstić information content (AvgIpc) is 2.58. The number of nitrogens with zero attached hydrogens (tertiary/aromatic N) is 2. The summed E-state index contributed by atoms with van der Waals surface area (Å²) in [6.45, 7) is -0.0473. The van der Waals surface area contributed by atoms with Gasteiger partial charge in [0.05, 0.1) is 11.6 Å². The molecule has 0 aliphatic rings. The van der Waals surface area contributed by atoms with Gasteiger partial charge in [-0.2, -0.15) is 18.4 Å². The number of halogens is 5. The summed E-state index contributed by atoms with van der Waals surface area (Å²) in [6.07, 6.45) is -6.37.